The van der Waals surface area contributed by atoms with E-state index in [4.69, 9.17) is 0 Å². The van der Waals surface area contributed by atoms with Crippen LogP contribution >= 0.6 is 0 Å². The van der Waals surface area contributed by atoms with Crippen molar-refractivity contribution in [2.45, 2.75) is 32.2 Å². The van der Waals surface area contributed by atoms with E-state index in [9.17, 15) is 4.79 Å². The molecular weight excluding hydrogens is 164 g/mol. The number of ketones is 1. The predicted octanol–water partition coefficient (Wildman–Crippen LogP) is 1.81. The van der Waals surface area contributed by atoms with Crippen LogP contribution in [0.3, 0.4) is 0 Å². The summed E-state index contributed by atoms with van der Waals surface area (Å²) in [6.07, 6.45) is 6.12. The van der Waals surface area contributed by atoms with Crippen LogP contribution in [0.25, 0.3) is 0 Å². The van der Waals surface area contributed by atoms with Crippen molar-refractivity contribution in [1.82, 2.24) is 9.78 Å². The van der Waals surface area contributed by atoms with Gasteiger partial charge in [0.15, 0.2) is 0 Å². The molecule has 13 heavy (non-hydrogen) atoms. The van der Waals surface area contributed by atoms with Crippen LogP contribution in [0.15, 0.2) is 18.5 Å². The number of hydrogen-bond acceptors (Lipinski definition) is 2. The average Bonchev–Trinajstić information content (AvgIpc) is 2.61. The van der Waals surface area contributed by atoms with Gasteiger partial charge in [-0.25, -0.2) is 0 Å². The first-order chi connectivity index (χ1) is 6.27. The highest BCUT2D eigenvalue weighted by Gasteiger charge is 2.27. The fourth-order valence-corrected chi connectivity index (χ4v) is 1.95. The summed E-state index contributed by atoms with van der Waals surface area (Å²) >= 11 is 0. The molecule has 0 spiro atoms. The molecule has 1 aliphatic rings. The third-order valence-electron chi connectivity index (χ3n) is 2.84. The van der Waals surface area contributed by atoms with Gasteiger partial charge < -0.3 is 0 Å². The lowest BCUT2D eigenvalue weighted by atomic mass is 9.85. The molecule has 1 aromatic rings. The Morgan fingerprint density at radius 3 is 3.15 bits per heavy atom. The Morgan fingerprint density at radius 2 is 2.46 bits per heavy atom. The maximum atomic E-state index is 11.3. The van der Waals surface area contributed by atoms with E-state index >= 15 is 0 Å². The molecule has 0 saturated heterocycles. The van der Waals surface area contributed by atoms with E-state index in [0.717, 1.165) is 12.8 Å². The van der Waals surface area contributed by atoms with Gasteiger partial charge in [0.05, 0.1) is 6.04 Å². The zero-order chi connectivity index (χ0) is 9.26. The highest BCUT2D eigenvalue weighted by Crippen LogP contribution is 2.30. The molecule has 0 radical (unpaired) electrons. The standard InChI is InChI=1S/C10H14N2O/c1-8-3-4-9(13)7-10(8)12-6-2-5-11-12/h2,5-6,8,10H,3-4,7H2,1H3. The average molecular weight is 178 g/mol. The topological polar surface area (TPSA) is 34.9 Å². The molecule has 1 heterocycles. The van der Waals surface area contributed by atoms with Crippen LogP contribution in [0.1, 0.15) is 32.2 Å². The molecule has 70 valence electrons. The Kier molecular flexibility index (Phi) is 2.17. The zero-order valence-corrected chi connectivity index (χ0v) is 7.81. The van der Waals surface area contributed by atoms with Crippen molar-refractivity contribution in [3.8, 4) is 0 Å². The quantitative estimate of drug-likeness (QED) is 0.657. The van der Waals surface area contributed by atoms with Gasteiger partial charge in [-0.05, 0) is 18.4 Å². The highest BCUT2D eigenvalue weighted by molar-refractivity contribution is 5.79. The smallest absolute Gasteiger partial charge is 0.135 e. The molecular formula is C10H14N2O. The largest absolute Gasteiger partial charge is 0.300 e. The van der Waals surface area contributed by atoms with Crippen LogP contribution in [0.2, 0.25) is 0 Å². The van der Waals surface area contributed by atoms with E-state index in [0.29, 0.717) is 18.1 Å². The number of carbonyl (C=O) groups is 1. The molecule has 0 aliphatic heterocycles. The molecule has 2 atom stereocenters. The van der Waals surface area contributed by atoms with Crippen molar-refractivity contribution < 1.29 is 4.79 Å². The Bertz CT molecular complexity index is 292. The second-order valence-corrected chi connectivity index (χ2v) is 3.81. The Hall–Kier alpha value is -1.12. The predicted molar refractivity (Wildman–Crippen MR) is 49.3 cm³/mol. The van der Waals surface area contributed by atoms with Crippen molar-refractivity contribution in [3.05, 3.63) is 18.5 Å². The normalized spacial score (nSPS) is 29.2. The second kappa shape index (κ2) is 3.32. The van der Waals surface area contributed by atoms with Crippen LogP contribution < -0.4 is 0 Å². The molecule has 0 N–H and O–H groups in total. The lowest BCUT2D eigenvalue weighted by Crippen LogP contribution is -2.26. The first kappa shape index (κ1) is 8.48. The van der Waals surface area contributed by atoms with Crippen LogP contribution in [-0.2, 0) is 4.79 Å². The van der Waals surface area contributed by atoms with E-state index in [-0.39, 0.29) is 6.04 Å². The van der Waals surface area contributed by atoms with E-state index in [2.05, 4.69) is 12.0 Å². The maximum absolute atomic E-state index is 11.3. The van der Waals surface area contributed by atoms with Crippen molar-refractivity contribution in [2.75, 3.05) is 0 Å². The van der Waals surface area contributed by atoms with Gasteiger partial charge in [0, 0.05) is 25.2 Å². The molecule has 3 nitrogen and oxygen atoms in total. The second-order valence-electron chi connectivity index (χ2n) is 3.81. The van der Waals surface area contributed by atoms with Crippen molar-refractivity contribution in [3.63, 3.8) is 0 Å². The summed E-state index contributed by atoms with van der Waals surface area (Å²) in [5, 5.41) is 4.19. The van der Waals surface area contributed by atoms with Crippen LogP contribution in [-0.4, -0.2) is 15.6 Å². The van der Waals surface area contributed by atoms with E-state index in [1.807, 2.05) is 16.9 Å². The van der Waals surface area contributed by atoms with Crippen molar-refractivity contribution in [1.29, 1.82) is 0 Å². The molecule has 2 rings (SSSR count). The van der Waals surface area contributed by atoms with Crippen molar-refractivity contribution >= 4 is 5.78 Å². The summed E-state index contributed by atoms with van der Waals surface area (Å²) in [4.78, 5) is 11.3. The summed E-state index contributed by atoms with van der Waals surface area (Å²) in [5.74, 6) is 0.941. The first-order valence-corrected chi connectivity index (χ1v) is 4.78. The fraction of sp³-hybridized carbons (Fsp3) is 0.600. The van der Waals surface area contributed by atoms with E-state index in [1.54, 1.807) is 6.20 Å². The summed E-state index contributed by atoms with van der Waals surface area (Å²) in [6, 6.07) is 2.20. The van der Waals surface area contributed by atoms with Gasteiger partial charge >= 0.3 is 0 Å². The molecule has 0 aromatic carbocycles. The van der Waals surface area contributed by atoms with Gasteiger partial charge in [-0.3, -0.25) is 9.48 Å². The lowest BCUT2D eigenvalue weighted by Gasteiger charge is -2.27. The van der Waals surface area contributed by atoms with E-state index in [1.165, 1.54) is 0 Å². The summed E-state index contributed by atoms with van der Waals surface area (Å²) < 4.78 is 1.92. The number of carbonyl (C=O) groups excluding carboxylic acids is 1. The maximum Gasteiger partial charge on any atom is 0.135 e. The number of hydrogen-bond donors (Lipinski definition) is 0. The number of aromatic nitrogens is 2. The summed E-state index contributed by atoms with van der Waals surface area (Å²) in [5.41, 5.74) is 0. The molecule has 3 heteroatoms. The number of Topliss-reactive ketones (excluding diaryl/α,β-unsaturated/α-hetero) is 1. The number of nitrogens with zero attached hydrogens (tertiary/aromatic N) is 2. The Morgan fingerprint density at radius 1 is 1.62 bits per heavy atom. The van der Waals surface area contributed by atoms with Crippen LogP contribution in [0.5, 0.6) is 0 Å². The van der Waals surface area contributed by atoms with Crippen LogP contribution in [0, 0.1) is 5.92 Å². The molecule has 0 bridgehead atoms. The van der Waals surface area contributed by atoms with Gasteiger partial charge in [0.2, 0.25) is 0 Å². The van der Waals surface area contributed by atoms with Crippen LogP contribution in [0.4, 0.5) is 0 Å². The lowest BCUT2D eigenvalue weighted by molar-refractivity contribution is -0.122. The van der Waals surface area contributed by atoms with Gasteiger partial charge in [0.1, 0.15) is 5.78 Å². The van der Waals surface area contributed by atoms with Gasteiger partial charge in [-0.1, -0.05) is 6.92 Å². The first-order valence-electron chi connectivity index (χ1n) is 4.78. The minimum atomic E-state index is 0.288. The zero-order valence-electron chi connectivity index (χ0n) is 7.81. The Balaban J connectivity index is 2.17. The molecule has 2 unspecified atom stereocenters. The summed E-state index contributed by atoms with van der Waals surface area (Å²) in [6.45, 7) is 2.19. The fourth-order valence-electron chi connectivity index (χ4n) is 1.95. The monoisotopic (exact) mass is 178 g/mol. The molecule has 1 fully saturated rings. The third-order valence-corrected chi connectivity index (χ3v) is 2.84. The van der Waals surface area contributed by atoms with Gasteiger partial charge in [0.25, 0.3) is 0 Å². The minimum Gasteiger partial charge on any atom is -0.300 e. The number of rotatable bonds is 1. The van der Waals surface area contributed by atoms with Gasteiger partial charge in [-0.2, -0.15) is 5.10 Å². The highest BCUT2D eigenvalue weighted by atomic mass is 16.1. The molecule has 1 aromatic heterocycles. The van der Waals surface area contributed by atoms with Gasteiger partial charge in [-0.15, -0.1) is 0 Å². The summed E-state index contributed by atoms with van der Waals surface area (Å²) in [7, 11) is 0. The van der Waals surface area contributed by atoms with Crippen molar-refractivity contribution in [2.24, 2.45) is 5.92 Å². The Labute approximate surface area is 77.7 Å². The SMILES string of the molecule is CC1CCC(=O)CC1n1cccn1. The minimum absolute atomic E-state index is 0.288. The third kappa shape index (κ3) is 1.64. The molecule has 1 saturated carbocycles. The van der Waals surface area contributed by atoms with E-state index < -0.39 is 0 Å². The molecule has 1 aliphatic carbocycles. The molecule has 0 amide bonds.